The van der Waals surface area contributed by atoms with Crippen molar-refractivity contribution in [3.63, 3.8) is 0 Å². The van der Waals surface area contributed by atoms with Gasteiger partial charge >= 0.3 is 0 Å². The first-order chi connectivity index (χ1) is 11.1. The van der Waals surface area contributed by atoms with Crippen LogP contribution in [-0.4, -0.2) is 16.1 Å². The predicted molar refractivity (Wildman–Crippen MR) is 98.5 cm³/mol. The Morgan fingerprint density at radius 3 is 2.00 bits per heavy atom. The number of amides is 1. The van der Waals surface area contributed by atoms with E-state index in [-0.39, 0.29) is 11.3 Å². The minimum absolute atomic E-state index is 0.0254. The first-order valence-electron chi connectivity index (χ1n) is 8.09. The van der Waals surface area contributed by atoms with Crippen molar-refractivity contribution in [2.45, 2.75) is 47.0 Å². The van der Waals surface area contributed by atoms with Gasteiger partial charge in [-0.3, -0.25) is 4.79 Å². The Morgan fingerprint density at radius 1 is 0.875 bits per heavy atom. The van der Waals surface area contributed by atoms with Gasteiger partial charge in [0.25, 0.3) is 0 Å². The van der Waals surface area contributed by atoms with Gasteiger partial charge in [-0.05, 0) is 29.2 Å². The Morgan fingerprint density at radius 2 is 1.46 bits per heavy atom. The van der Waals surface area contributed by atoms with E-state index in [0.717, 1.165) is 5.69 Å². The number of carbonyl (C=O) groups is 1. The van der Waals surface area contributed by atoms with Crippen LogP contribution in [0.4, 0.5) is 17.3 Å². The van der Waals surface area contributed by atoms with Crippen LogP contribution in [0.5, 0.6) is 0 Å². The third kappa shape index (κ3) is 4.54. The second kappa shape index (κ2) is 6.59. The molecular formula is C19H26N4O. The Labute approximate surface area is 143 Å². The lowest BCUT2D eigenvalue weighted by Gasteiger charge is -2.23. The van der Waals surface area contributed by atoms with Gasteiger partial charge in [0.05, 0.1) is 0 Å². The Kier molecular flexibility index (Phi) is 4.92. The topological polar surface area (TPSA) is 66.9 Å². The van der Waals surface area contributed by atoms with Crippen LogP contribution in [0.2, 0.25) is 0 Å². The van der Waals surface area contributed by atoms with Gasteiger partial charge in [0.2, 0.25) is 5.91 Å². The number of rotatable bonds is 3. The van der Waals surface area contributed by atoms with E-state index < -0.39 is 5.41 Å². The largest absolute Gasteiger partial charge is 0.338 e. The number of nitrogens with one attached hydrogen (secondary N) is 2. The van der Waals surface area contributed by atoms with Crippen LogP contribution in [0, 0.1) is 5.41 Å². The highest BCUT2D eigenvalue weighted by molar-refractivity contribution is 5.93. The van der Waals surface area contributed by atoms with Gasteiger partial charge < -0.3 is 10.6 Å². The first kappa shape index (κ1) is 17.9. The summed E-state index contributed by atoms with van der Waals surface area (Å²) in [5, 5.41) is 14.3. The normalized spacial score (nSPS) is 11.9. The minimum atomic E-state index is -0.468. The van der Waals surface area contributed by atoms with E-state index >= 15 is 0 Å². The molecule has 0 aliphatic carbocycles. The monoisotopic (exact) mass is 326 g/mol. The summed E-state index contributed by atoms with van der Waals surface area (Å²) in [7, 11) is 0. The van der Waals surface area contributed by atoms with Crippen molar-refractivity contribution in [2.75, 3.05) is 10.6 Å². The molecule has 1 heterocycles. The van der Waals surface area contributed by atoms with Gasteiger partial charge in [0.15, 0.2) is 11.6 Å². The minimum Gasteiger partial charge on any atom is -0.338 e. The second-order valence-electron chi connectivity index (χ2n) is 7.93. The van der Waals surface area contributed by atoms with Crippen molar-refractivity contribution >= 4 is 23.2 Å². The molecule has 0 aliphatic heterocycles. The fraction of sp³-hybridized carbons (Fsp3) is 0.421. The molecule has 128 valence electrons. The van der Waals surface area contributed by atoms with Crippen LogP contribution in [-0.2, 0) is 10.2 Å². The number of benzene rings is 1. The zero-order valence-corrected chi connectivity index (χ0v) is 15.3. The van der Waals surface area contributed by atoms with Crippen LogP contribution < -0.4 is 10.6 Å². The molecule has 2 aromatic rings. The molecule has 5 heteroatoms. The number of carbonyl (C=O) groups excluding carboxylic acids is 1. The number of para-hydroxylation sites is 1. The van der Waals surface area contributed by atoms with Crippen LogP contribution >= 0.6 is 0 Å². The van der Waals surface area contributed by atoms with Gasteiger partial charge in [-0.2, -0.15) is 0 Å². The number of hydrogen-bond acceptors (Lipinski definition) is 4. The molecular weight excluding hydrogens is 300 g/mol. The molecule has 1 aromatic carbocycles. The van der Waals surface area contributed by atoms with Gasteiger partial charge in [0, 0.05) is 11.1 Å². The fourth-order valence-electron chi connectivity index (χ4n) is 2.15. The molecule has 5 nitrogen and oxygen atoms in total. The molecule has 0 atom stereocenters. The van der Waals surface area contributed by atoms with Crippen molar-refractivity contribution in [1.82, 2.24) is 10.2 Å². The number of hydrogen-bond donors (Lipinski definition) is 2. The van der Waals surface area contributed by atoms with Gasteiger partial charge in [-0.1, -0.05) is 59.7 Å². The Balaban J connectivity index is 2.15. The highest BCUT2D eigenvalue weighted by Crippen LogP contribution is 2.30. The molecule has 0 saturated heterocycles. The van der Waals surface area contributed by atoms with E-state index in [4.69, 9.17) is 0 Å². The average molecular weight is 326 g/mol. The quantitative estimate of drug-likeness (QED) is 0.871. The summed E-state index contributed by atoms with van der Waals surface area (Å²) in [6.45, 7) is 12.1. The molecule has 1 amide bonds. The van der Waals surface area contributed by atoms with E-state index in [2.05, 4.69) is 47.7 Å². The summed E-state index contributed by atoms with van der Waals surface area (Å²) >= 11 is 0. The fourth-order valence-corrected chi connectivity index (χ4v) is 2.15. The lowest BCUT2D eigenvalue weighted by atomic mass is 9.86. The summed E-state index contributed by atoms with van der Waals surface area (Å²) in [6, 6.07) is 11.7. The molecule has 0 saturated carbocycles. The summed E-state index contributed by atoms with van der Waals surface area (Å²) in [5.41, 5.74) is 1.77. The average Bonchev–Trinajstić information content (AvgIpc) is 2.48. The summed E-state index contributed by atoms with van der Waals surface area (Å²) in [4.78, 5) is 12.0. The van der Waals surface area contributed by atoms with Crippen LogP contribution in [0.15, 0.2) is 36.4 Å². The highest BCUT2D eigenvalue weighted by Gasteiger charge is 2.22. The molecule has 0 fully saturated rings. The van der Waals surface area contributed by atoms with Gasteiger partial charge in [-0.15, -0.1) is 10.2 Å². The van der Waals surface area contributed by atoms with Crippen molar-refractivity contribution < 1.29 is 4.79 Å². The third-order valence-electron chi connectivity index (χ3n) is 3.59. The van der Waals surface area contributed by atoms with Gasteiger partial charge in [-0.25, -0.2) is 0 Å². The van der Waals surface area contributed by atoms with E-state index in [1.165, 1.54) is 5.56 Å². The van der Waals surface area contributed by atoms with Gasteiger partial charge in [0.1, 0.15) is 0 Å². The summed E-state index contributed by atoms with van der Waals surface area (Å²) < 4.78 is 0. The zero-order chi connectivity index (χ0) is 18.0. The summed E-state index contributed by atoms with van der Waals surface area (Å²) in [5.74, 6) is 1.00. The number of aromatic nitrogens is 2. The van der Waals surface area contributed by atoms with Crippen molar-refractivity contribution in [3.8, 4) is 0 Å². The smallest absolute Gasteiger partial charge is 0.230 e. The van der Waals surface area contributed by atoms with Crippen LogP contribution in [0.25, 0.3) is 0 Å². The maximum absolute atomic E-state index is 12.0. The van der Waals surface area contributed by atoms with E-state index in [1.54, 1.807) is 6.07 Å². The van der Waals surface area contributed by atoms with E-state index in [0.29, 0.717) is 11.6 Å². The molecule has 0 spiro atoms. The third-order valence-corrected chi connectivity index (χ3v) is 3.59. The van der Waals surface area contributed by atoms with E-state index in [1.807, 2.05) is 45.0 Å². The maximum Gasteiger partial charge on any atom is 0.230 e. The summed E-state index contributed by atoms with van der Waals surface area (Å²) in [6.07, 6.45) is 0. The molecule has 0 unspecified atom stereocenters. The van der Waals surface area contributed by atoms with Crippen molar-refractivity contribution in [2.24, 2.45) is 5.41 Å². The zero-order valence-electron chi connectivity index (χ0n) is 15.3. The highest BCUT2D eigenvalue weighted by atomic mass is 16.2. The standard InChI is InChI=1S/C19H26N4O/c1-18(2,3)13-9-7-8-10-14(13)20-15-11-12-16(23-22-15)21-17(24)19(4,5)6/h7-12H,1-6H3,(H,20,22)(H,21,23,24). The lowest BCUT2D eigenvalue weighted by Crippen LogP contribution is -2.28. The Bertz CT molecular complexity index is 709. The predicted octanol–water partition coefficient (Wildman–Crippen LogP) is 4.50. The molecule has 0 aliphatic rings. The van der Waals surface area contributed by atoms with Crippen LogP contribution in [0.1, 0.15) is 47.1 Å². The van der Waals surface area contributed by atoms with Crippen molar-refractivity contribution in [1.29, 1.82) is 0 Å². The first-order valence-corrected chi connectivity index (χ1v) is 8.09. The van der Waals surface area contributed by atoms with Crippen molar-refractivity contribution in [3.05, 3.63) is 42.0 Å². The molecule has 2 rings (SSSR count). The molecule has 0 bridgehead atoms. The number of anilines is 3. The molecule has 1 aromatic heterocycles. The second-order valence-corrected chi connectivity index (χ2v) is 7.93. The molecule has 24 heavy (non-hydrogen) atoms. The molecule has 0 radical (unpaired) electrons. The Hall–Kier alpha value is -2.43. The SMILES string of the molecule is CC(C)(C)C(=O)Nc1ccc(Nc2ccccc2C(C)(C)C)nn1. The maximum atomic E-state index is 12.0. The molecule has 2 N–H and O–H groups in total. The lowest BCUT2D eigenvalue weighted by molar-refractivity contribution is -0.123. The van der Waals surface area contributed by atoms with Crippen LogP contribution in [0.3, 0.4) is 0 Å². The number of nitrogens with zero attached hydrogens (tertiary/aromatic N) is 2. The van der Waals surface area contributed by atoms with E-state index in [9.17, 15) is 4.79 Å².